The lowest BCUT2D eigenvalue weighted by Crippen LogP contribution is -2.35. The summed E-state index contributed by atoms with van der Waals surface area (Å²) in [4.78, 5) is 17.0. The van der Waals surface area contributed by atoms with Crippen molar-refractivity contribution >= 4 is 72.2 Å². The number of hydrogen-bond acceptors (Lipinski definition) is 5. The maximum atomic E-state index is 13.6. The van der Waals surface area contributed by atoms with Crippen LogP contribution in [0.4, 0.5) is 5.69 Å². The molecule has 6 rings (SSSR count). The highest BCUT2D eigenvalue weighted by atomic mass is 32.2. The number of para-hydroxylation sites is 1. The molecule has 0 aliphatic carbocycles. The Balaban J connectivity index is 1.58. The van der Waals surface area contributed by atoms with Crippen LogP contribution in [0.3, 0.4) is 0 Å². The molecular formula is C27H24N3OS3+. The first-order valence-electron chi connectivity index (χ1n) is 11.4. The summed E-state index contributed by atoms with van der Waals surface area (Å²) in [7, 11) is 2.08. The number of benzene rings is 3. The number of hydrogen-bond donors (Lipinski definition) is 0. The molecule has 0 fully saturated rings. The van der Waals surface area contributed by atoms with Gasteiger partial charge in [0.2, 0.25) is 5.52 Å². The number of aromatic nitrogens is 2. The van der Waals surface area contributed by atoms with E-state index in [0.717, 1.165) is 20.8 Å². The van der Waals surface area contributed by atoms with Gasteiger partial charge in [-0.3, -0.25) is 9.36 Å². The Bertz CT molecular complexity index is 1760. The Hall–Kier alpha value is -2.87. The van der Waals surface area contributed by atoms with Gasteiger partial charge in [-0.05, 0) is 31.4 Å². The summed E-state index contributed by atoms with van der Waals surface area (Å²) in [6.07, 6.45) is 2.19. The van der Waals surface area contributed by atoms with Gasteiger partial charge in [0.15, 0.2) is 0 Å². The van der Waals surface area contributed by atoms with Crippen molar-refractivity contribution in [3.05, 3.63) is 85.2 Å². The fourth-order valence-electron chi connectivity index (χ4n) is 4.70. The average Bonchev–Trinajstić information content (AvgIpc) is 3.49. The Morgan fingerprint density at radius 3 is 2.59 bits per heavy atom. The number of nitrogens with zero attached hydrogens (tertiary/aromatic N) is 3. The highest BCUT2D eigenvalue weighted by Gasteiger charge is 2.27. The highest BCUT2D eigenvalue weighted by molar-refractivity contribution is 8.08. The number of thioether (sulfide) groups is 1. The van der Waals surface area contributed by atoms with Crippen molar-refractivity contribution in [1.82, 2.24) is 4.57 Å². The smallest absolute Gasteiger partial charge is 0.271 e. The lowest BCUT2D eigenvalue weighted by molar-refractivity contribution is -0.665. The van der Waals surface area contributed by atoms with Gasteiger partial charge >= 0.3 is 0 Å². The molecule has 1 aliphatic heterocycles. The van der Waals surface area contributed by atoms with Crippen LogP contribution >= 0.6 is 34.4 Å². The minimum atomic E-state index is 0.0920. The molecule has 1 aliphatic rings. The van der Waals surface area contributed by atoms with Crippen molar-refractivity contribution < 1.29 is 4.57 Å². The molecule has 3 aromatic carbocycles. The van der Waals surface area contributed by atoms with Crippen molar-refractivity contribution in [3.63, 3.8) is 0 Å². The molecule has 34 heavy (non-hydrogen) atoms. The van der Waals surface area contributed by atoms with E-state index in [4.69, 9.17) is 0 Å². The Labute approximate surface area is 209 Å². The van der Waals surface area contributed by atoms with Crippen LogP contribution in [0.5, 0.6) is 0 Å². The van der Waals surface area contributed by atoms with E-state index in [1.54, 1.807) is 34.4 Å². The summed E-state index contributed by atoms with van der Waals surface area (Å²) < 4.78 is 7.31. The molecule has 0 N–H and O–H groups in total. The highest BCUT2D eigenvalue weighted by Crippen LogP contribution is 2.48. The molecule has 0 atom stereocenters. The molecule has 0 amide bonds. The van der Waals surface area contributed by atoms with Gasteiger partial charge in [-0.2, -0.15) is 4.57 Å². The first-order valence-corrected chi connectivity index (χ1v) is 13.9. The van der Waals surface area contributed by atoms with E-state index in [1.807, 2.05) is 11.5 Å². The van der Waals surface area contributed by atoms with Crippen LogP contribution in [0.2, 0.25) is 0 Å². The number of thiazole rings is 2. The second-order valence-corrected chi connectivity index (χ2v) is 11.3. The fourth-order valence-corrected chi connectivity index (χ4v) is 8.40. The lowest BCUT2D eigenvalue weighted by atomic mass is 10.1. The van der Waals surface area contributed by atoms with E-state index in [9.17, 15) is 4.79 Å². The minimum absolute atomic E-state index is 0.0920. The zero-order valence-corrected chi connectivity index (χ0v) is 21.7. The summed E-state index contributed by atoms with van der Waals surface area (Å²) in [5, 5.41) is 4.63. The SMILES string of the molecule is CCn1c(=O)/c(=C2/Sc3ccc4ccccc4c3N2C)s/c1=C/c1sc2ccccc2[n+]1CC. The van der Waals surface area contributed by atoms with Crippen LogP contribution in [-0.2, 0) is 13.1 Å². The Morgan fingerprint density at radius 1 is 0.971 bits per heavy atom. The number of anilines is 1. The van der Waals surface area contributed by atoms with Gasteiger partial charge in [-0.15, -0.1) is 11.3 Å². The van der Waals surface area contributed by atoms with Crippen molar-refractivity contribution in [1.29, 1.82) is 0 Å². The summed E-state index contributed by atoms with van der Waals surface area (Å²) in [5.74, 6) is 0. The first-order chi connectivity index (χ1) is 16.6. The topological polar surface area (TPSA) is 29.1 Å². The number of aryl methyl sites for hydroxylation is 1. The summed E-state index contributed by atoms with van der Waals surface area (Å²) in [5.41, 5.74) is 2.52. The predicted octanol–water partition coefficient (Wildman–Crippen LogP) is 4.74. The summed E-state index contributed by atoms with van der Waals surface area (Å²) in [6, 6.07) is 21.3. The van der Waals surface area contributed by atoms with Crippen LogP contribution in [-0.4, -0.2) is 11.6 Å². The van der Waals surface area contributed by atoms with Gasteiger partial charge in [0.25, 0.3) is 10.6 Å². The van der Waals surface area contributed by atoms with E-state index in [-0.39, 0.29) is 5.56 Å². The normalized spacial score (nSPS) is 15.6. The van der Waals surface area contributed by atoms with Crippen molar-refractivity contribution in [2.75, 3.05) is 11.9 Å². The maximum Gasteiger partial charge on any atom is 0.271 e. The molecule has 4 nitrogen and oxygen atoms in total. The van der Waals surface area contributed by atoms with E-state index < -0.39 is 0 Å². The van der Waals surface area contributed by atoms with E-state index in [0.29, 0.717) is 6.54 Å². The van der Waals surface area contributed by atoms with Gasteiger partial charge < -0.3 is 4.90 Å². The Kier molecular flexibility index (Phi) is 5.36. The molecule has 0 bridgehead atoms. The molecular weight excluding hydrogens is 479 g/mol. The average molecular weight is 503 g/mol. The predicted molar refractivity (Wildman–Crippen MR) is 146 cm³/mol. The quantitative estimate of drug-likeness (QED) is 0.334. The third-order valence-corrected chi connectivity index (χ3v) is 9.91. The monoisotopic (exact) mass is 502 g/mol. The lowest BCUT2D eigenvalue weighted by Gasteiger charge is -2.15. The largest absolute Gasteiger partial charge is 0.336 e. The second kappa shape index (κ2) is 8.41. The maximum absolute atomic E-state index is 13.6. The molecule has 3 heterocycles. The molecule has 0 spiro atoms. The molecule has 0 saturated heterocycles. The molecule has 0 saturated carbocycles. The van der Waals surface area contributed by atoms with Crippen LogP contribution in [0, 0.1) is 0 Å². The van der Waals surface area contributed by atoms with Crippen LogP contribution in [0.25, 0.3) is 32.1 Å². The third kappa shape index (κ3) is 3.26. The molecule has 0 unspecified atom stereocenters. The Morgan fingerprint density at radius 2 is 1.76 bits per heavy atom. The zero-order chi connectivity index (χ0) is 23.4. The summed E-state index contributed by atoms with van der Waals surface area (Å²) >= 11 is 5.08. The molecule has 7 heteroatoms. The minimum Gasteiger partial charge on any atom is -0.336 e. The van der Waals surface area contributed by atoms with Crippen LogP contribution in [0.15, 0.2) is 70.4 Å². The zero-order valence-electron chi connectivity index (χ0n) is 19.2. The van der Waals surface area contributed by atoms with Gasteiger partial charge in [0.1, 0.15) is 25.5 Å². The summed E-state index contributed by atoms with van der Waals surface area (Å²) in [6.45, 7) is 5.76. The fraction of sp³-hybridized carbons (Fsp3) is 0.185. The third-order valence-electron chi connectivity index (χ3n) is 6.33. The molecule has 5 aromatic rings. The molecule has 0 radical (unpaired) electrons. The number of rotatable bonds is 3. The van der Waals surface area contributed by atoms with Gasteiger partial charge in [0.05, 0.1) is 11.8 Å². The molecule has 170 valence electrons. The van der Waals surface area contributed by atoms with Crippen molar-refractivity contribution in [2.24, 2.45) is 0 Å². The van der Waals surface area contributed by atoms with Crippen molar-refractivity contribution in [3.8, 4) is 0 Å². The van der Waals surface area contributed by atoms with E-state index in [1.165, 1.54) is 36.6 Å². The van der Waals surface area contributed by atoms with Crippen molar-refractivity contribution in [2.45, 2.75) is 31.8 Å². The van der Waals surface area contributed by atoms with E-state index in [2.05, 4.69) is 90.2 Å². The van der Waals surface area contributed by atoms with E-state index >= 15 is 0 Å². The van der Waals surface area contributed by atoms with Crippen LogP contribution in [0.1, 0.15) is 18.9 Å². The standard InChI is InChI=1S/C27H24N3OS3/c1-4-29-19-12-8-9-13-20(19)32-22(29)16-23-30(5-2)26(31)25(34-23)27-28(3)24-18-11-7-6-10-17(18)14-15-21(24)33-27/h6-16H,4-5H2,1-3H3/q+1/b27-25-. The second-order valence-electron chi connectivity index (χ2n) is 8.22. The van der Waals surface area contributed by atoms with Gasteiger partial charge in [-0.25, -0.2) is 0 Å². The van der Waals surface area contributed by atoms with Gasteiger partial charge in [-0.1, -0.05) is 65.6 Å². The molecule has 2 aromatic heterocycles. The number of fused-ring (bicyclic) bond motifs is 4. The van der Waals surface area contributed by atoms with Crippen LogP contribution < -0.4 is 24.2 Å². The first kappa shape index (κ1) is 21.6. The van der Waals surface area contributed by atoms with Gasteiger partial charge in [0, 0.05) is 29.9 Å².